The van der Waals surface area contributed by atoms with Crippen LogP contribution in [0.15, 0.2) is 18.2 Å². The molecule has 5 heteroatoms. The van der Waals surface area contributed by atoms with E-state index < -0.39 is 6.10 Å². The molecule has 134 valence electrons. The fourth-order valence-electron chi connectivity index (χ4n) is 3.40. The van der Waals surface area contributed by atoms with Crippen LogP contribution in [0.3, 0.4) is 0 Å². The van der Waals surface area contributed by atoms with Gasteiger partial charge in [0.2, 0.25) is 5.91 Å². The van der Waals surface area contributed by atoms with Crippen molar-refractivity contribution >= 4 is 5.91 Å². The van der Waals surface area contributed by atoms with E-state index in [-0.39, 0.29) is 5.91 Å². The van der Waals surface area contributed by atoms with Crippen molar-refractivity contribution in [3.05, 3.63) is 29.3 Å². The molecule has 1 saturated heterocycles. The highest BCUT2D eigenvalue weighted by Crippen LogP contribution is 2.22. The first kappa shape index (κ1) is 18.7. The molecule has 24 heavy (non-hydrogen) atoms. The van der Waals surface area contributed by atoms with Gasteiger partial charge in [-0.25, -0.2) is 0 Å². The minimum atomic E-state index is -0.528. The predicted octanol–water partition coefficient (Wildman–Crippen LogP) is 1.84. The van der Waals surface area contributed by atoms with Crippen molar-refractivity contribution in [1.29, 1.82) is 0 Å². The number of likely N-dealkylation sites (N-methyl/N-ethyl adjacent to an activating group) is 1. The number of carbonyl (C=O) groups excluding carboxylic acids is 1. The number of hydrogen-bond acceptors (Lipinski definition) is 4. The SMILES string of the molecule is CC(=O)N1CCC(CN(C)CC(O)COc2c(C)cccc2C)C1. The van der Waals surface area contributed by atoms with E-state index in [0.29, 0.717) is 19.1 Å². The van der Waals surface area contributed by atoms with E-state index in [1.54, 1.807) is 6.92 Å². The lowest BCUT2D eigenvalue weighted by Gasteiger charge is -2.24. The van der Waals surface area contributed by atoms with Crippen molar-refractivity contribution in [2.45, 2.75) is 33.3 Å². The monoisotopic (exact) mass is 334 g/mol. The number of aryl methyl sites for hydroxylation is 2. The molecule has 0 spiro atoms. The van der Waals surface area contributed by atoms with Crippen molar-refractivity contribution < 1.29 is 14.6 Å². The summed E-state index contributed by atoms with van der Waals surface area (Å²) >= 11 is 0. The number of nitrogens with zero attached hydrogens (tertiary/aromatic N) is 2. The zero-order valence-corrected chi connectivity index (χ0v) is 15.3. The van der Waals surface area contributed by atoms with Crippen LogP contribution in [0.25, 0.3) is 0 Å². The lowest BCUT2D eigenvalue weighted by Crippen LogP contribution is -2.37. The summed E-state index contributed by atoms with van der Waals surface area (Å²) in [6, 6.07) is 6.04. The van der Waals surface area contributed by atoms with E-state index in [4.69, 9.17) is 4.74 Å². The van der Waals surface area contributed by atoms with E-state index in [9.17, 15) is 9.90 Å². The molecule has 0 aromatic heterocycles. The molecule has 1 aromatic rings. The molecule has 1 aromatic carbocycles. The zero-order valence-electron chi connectivity index (χ0n) is 15.3. The summed E-state index contributed by atoms with van der Waals surface area (Å²) in [7, 11) is 2.01. The Balaban J connectivity index is 1.74. The van der Waals surface area contributed by atoms with Crippen molar-refractivity contribution in [2.24, 2.45) is 5.92 Å². The second-order valence-corrected chi connectivity index (χ2v) is 7.03. The molecule has 1 fully saturated rings. The Morgan fingerprint density at radius 1 is 1.42 bits per heavy atom. The number of rotatable bonds is 7. The first-order valence-electron chi connectivity index (χ1n) is 8.68. The third kappa shape index (κ3) is 5.21. The molecule has 2 rings (SSSR count). The predicted molar refractivity (Wildman–Crippen MR) is 95.3 cm³/mol. The first-order valence-corrected chi connectivity index (χ1v) is 8.68. The third-order valence-electron chi connectivity index (χ3n) is 4.65. The Kier molecular flexibility index (Phi) is 6.63. The van der Waals surface area contributed by atoms with E-state index >= 15 is 0 Å². The van der Waals surface area contributed by atoms with Crippen LogP contribution in [0.4, 0.5) is 0 Å². The number of para-hydroxylation sites is 1. The summed E-state index contributed by atoms with van der Waals surface area (Å²) in [5.74, 6) is 1.51. The van der Waals surface area contributed by atoms with Gasteiger partial charge in [-0.1, -0.05) is 18.2 Å². The van der Waals surface area contributed by atoms with Crippen molar-refractivity contribution in [1.82, 2.24) is 9.80 Å². The van der Waals surface area contributed by atoms with Crippen LogP contribution in [-0.4, -0.2) is 66.8 Å². The topological polar surface area (TPSA) is 53.0 Å². The summed E-state index contributed by atoms with van der Waals surface area (Å²) in [6.07, 6.45) is 0.512. The number of ether oxygens (including phenoxy) is 1. The highest BCUT2D eigenvalue weighted by atomic mass is 16.5. The second kappa shape index (κ2) is 8.49. The second-order valence-electron chi connectivity index (χ2n) is 7.03. The third-order valence-corrected chi connectivity index (χ3v) is 4.65. The van der Waals surface area contributed by atoms with E-state index in [1.165, 1.54) is 0 Å². The maximum atomic E-state index is 11.4. The van der Waals surface area contributed by atoms with Crippen molar-refractivity contribution in [2.75, 3.05) is 39.8 Å². The van der Waals surface area contributed by atoms with E-state index in [0.717, 1.165) is 42.9 Å². The molecule has 1 heterocycles. The number of amides is 1. The molecule has 0 aliphatic carbocycles. The van der Waals surface area contributed by atoms with Crippen molar-refractivity contribution in [3.8, 4) is 5.75 Å². The van der Waals surface area contributed by atoms with Gasteiger partial charge < -0.3 is 19.6 Å². The fourth-order valence-corrected chi connectivity index (χ4v) is 3.40. The zero-order chi connectivity index (χ0) is 17.7. The van der Waals surface area contributed by atoms with Gasteiger partial charge in [0, 0.05) is 33.1 Å². The van der Waals surface area contributed by atoms with Gasteiger partial charge in [-0.15, -0.1) is 0 Å². The smallest absolute Gasteiger partial charge is 0.219 e. The minimum Gasteiger partial charge on any atom is -0.490 e. The molecule has 2 unspecified atom stereocenters. The molecular weight excluding hydrogens is 304 g/mol. The quantitative estimate of drug-likeness (QED) is 0.827. The fraction of sp³-hybridized carbons (Fsp3) is 0.632. The largest absolute Gasteiger partial charge is 0.490 e. The molecule has 1 amide bonds. The Hall–Kier alpha value is -1.59. The lowest BCUT2D eigenvalue weighted by atomic mass is 10.1. The number of benzene rings is 1. The molecule has 1 aliphatic heterocycles. The van der Waals surface area contributed by atoms with Gasteiger partial charge >= 0.3 is 0 Å². The maximum Gasteiger partial charge on any atom is 0.219 e. The highest BCUT2D eigenvalue weighted by Gasteiger charge is 2.25. The molecular formula is C19H30N2O3. The van der Waals surface area contributed by atoms with Crippen LogP contribution in [0.2, 0.25) is 0 Å². The summed E-state index contributed by atoms with van der Waals surface area (Å²) in [5, 5.41) is 10.2. The Labute approximate surface area is 145 Å². The number of aliphatic hydroxyl groups excluding tert-OH is 1. The van der Waals surface area contributed by atoms with Gasteiger partial charge in [-0.2, -0.15) is 0 Å². The molecule has 1 N–H and O–H groups in total. The normalized spacial score (nSPS) is 18.9. The molecule has 0 radical (unpaired) electrons. The van der Waals surface area contributed by atoms with Gasteiger partial charge in [0.05, 0.1) is 0 Å². The number of aliphatic hydroxyl groups is 1. The average Bonchev–Trinajstić information content (AvgIpc) is 2.95. The van der Waals surface area contributed by atoms with Crippen LogP contribution >= 0.6 is 0 Å². The average molecular weight is 334 g/mol. The summed E-state index contributed by atoms with van der Waals surface area (Å²) in [6.45, 7) is 9.09. The summed E-state index contributed by atoms with van der Waals surface area (Å²) < 4.78 is 5.82. The van der Waals surface area contributed by atoms with Gasteiger partial charge in [-0.05, 0) is 44.4 Å². The van der Waals surface area contributed by atoms with E-state index in [1.807, 2.05) is 44.0 Å². The molecule has 5 nitrogen and oxygen atoms in total. The van der Waals surface area contributed by atoms with Gasteiger partial charge in [0.15, 0.2) is 0 Å². The standard InChI is InChI=1S/C19H30N2O3/c1-14-6-5-7-15(2)19(14)24-13-18(23)12-20(4)10-17-8-9-21(11-17)16(3)22/h5-7,17-18,23H,8-13H2,1-4H3. The van der Waals surface area contributed by atoms with Gasteiger partial charge in [0.25, 0.3) is 0 Å². The lowest BCUT2D eigenvalue weighted by molar-refractivity contribution is -0.127. The molecule has 0 saturated carbocycles. The number of likely N-dealkylation sites (tertiary alicyclic amines) is 1. The van der Waals surface area contributed by atoms with Crippen LogP contribution < -0.4 is 4.74 Å². The van der Waals surface area contributed by atoms with Crippen LogP contribution in [-0.2, 0) is 4.79 Å². The Morgan fingerprint density at radius 3 is 2.67 bits per heavy atom. The first-order chi connectivity index (χ1) is 11.4. The van der Waals surface area contributed by atoms with Crippen LogP contribution in [0.1, 0.15) is 24.5 Å². The number of hydrogen-bond donors (Lipinski definition) is 1. The number of carbonyl (C=O) groups is 1. The molecule has 0 bridgehead atoms. The molecule has 2 atom stereocenters. The maximum absolute atomic E-state index is 11.4. The van der Waals surface area contributed by atoms with Crippen LogP contribution in [0, 0.1) is 19.8 Å². The Morgan fingerprint density at radius 2 is 2.08 bits per heavy atom. The summed E-state index contributed by atoms with van der Waals surface area (Å²) in [5.41, 5.74) is 2.18. The minimum absolute atomic E-state index is 0.155. The van der Waals surface area contributed by atoms with Gasteiger partial charge in [-0.3, -0.25) is 4.79 Å². The molecule has 1 aliphatic rings. The Bertz CT molecular complexity index is 541. The van der Waals surface area contributed by atoms with Crippen LogP contribution in [0.5, 0.6) is 5.75 Å². The summed E-state index contributed by atoms with van der Waals surface area (Å²) in [4.78, 5) is 15.4. The van der Waals surface area contributed by atoms with Gasteiger partial charge in [0.1, 0.15) is 18.5 Å². The van der Waals surface area contributed by atoms with Crippen molar-refractivity contribution in [3.63, 3.8) is 0 Å². The highest BCUT2D eigenvalue weighted by molar-refractivity contribution is 5.73. The van der Waals surface area contributed by atoms with E-state index in [2.05, 4.69) is 4.90 Å².